The number of hydrogen-bond acceptors (Lipinski definition) is 3. The Morgan fingerprint density at radius 1 is 1.00 bits per heavy atom. The molecule has 3 nitrogen and oxygen atoms in total. The Hall–Kier alpha value is -0.120. The Balaban J connectivity index is 1.40. The Labute approximate surface area is 110 Å². The molecular formula is C15H25NO2. The molecule has 3 aliphatic carbocycles. The third kappa shape index (κ3) is 1.75. The third-order valence-corrected chi connectivity index (χ3v) is 5.94. The van der Waals surface area contributed by atoms with Crippen molar-refractivity contribution in [3.05, 3.63) is 0 Å². The molecule has 0 aromatic heterocycles. The van der Waals surface area contributed by atoms with Gasteiger partial charge in [-0.15, -0.1) is 0 Å². The van der Waals surface area contributed by atoms with Crippen LogP contribution in [0.25, 0.3) is 0 Å². The number of rotatable bonds is 3. The summed E-state index contributed by atoms with van der Waals surface area (Å²) in [6, 6.07) is 0.677. The summed E-state index contributed by atoms with van der Waals surface area (Å²) in [5, 5.41) is 3.72. The van der Waals surface area contributed by atoms with Crippen LogP contribution in [0, 0.1) is 17.8 Å². The highest BCUT2D eigenvalue weighted by molar-refractivity contribution is 5.10. The highest BCUT2D eigenvalue weighted by atomic mass is 16.5. The van der Waals surface area contributed by atoms with Crippen molar-refractivity contribution in [2.45, 2.75) is 62.9 Å². The zero-order valence-electron chi connectivity index (χ0n) is 11.3. The van der Waals surface area contributed by atoms with E-state index < -0.39 is 0 Å². The molecule has 7 unspecified atom stereocenters. The highest BCUT2D eigenvalue weighted by Crippen LogP contribution is 2.53. The van der Waals surface area contributed by atoms with Gasteiger partial charge in [-0.25, -0.2) is 0 Å². The monoisotopic (exact) mass is 251 g/mol. The molecule has 0 aromatic rings. The lowest BCUT2D eigenvalue weighted by Gasteiger charge is -2.35. The van der Waals surface area contributed by atoms with E-state index in [4.69, 9.17) is 9.47 Å². The maximum absolute atomic E-state index is 6.51. The average molecular weight is 251 g/mol. The van der Waals surface area contributed by atoms with Crippen LogP contribution in [0.4, 0.5) is 0 Å². The summed E-state index contributed by atoms with van der Waals surface area (Å²) in [6.07, 6.45) is 9.08. The lowest BCUT2D eigenvalue weighted by Crippen LogP contribution is -2.43. The number of methoxy groups -OCH3 is 1. The summed E-state index contributed by atoms with van der Waals surface area (Å²) in [7, 11) is 1.84. The van der Waals surface area contributed by atoms with Gasteiger partial charge in [0.25, 0.3) is 0 Å². The first-order chi connectivity index (χ1) is 8.85. The second-order valence-corrected chi connectivity index (χ2v) is 6.84. The van der Waals surface area contributed by atoms with Crippen LogP contribution in [0.3, 0.4) is 0 Å². The molecule has 4 fully saturated rings. The van der Waals surface area contributed by atoms with Crippen molar-refractivity contribution >= 4 is 0 Å². The van der Waals surface area contributed by atoms with Crippen LogP contribution in [-0.4, -0.2) is 38.0 Å². The van der Waals surface area contributed by atoms with Crippen molar-refractivity contribution in [3.8, 4) is 0 Å². The molecule has 1 saturated heterocycles. The lowest BCUT2D eigenvalue weighted by molar-refractivity contribution is -0.0880. The van der Waals surface area contributed by atoms with Gasteiger partial charge in [0, 0.05) is 13.2 Å². The molecule has 3 saturated carbocycles. The third-order valence-electron chi connectivity index (χ3n) is 5.94. The van der Waals surface area contributed by atoms with Crippen molar-refractivity contribution in [3.63, 3.8) is 0 Å². The van der Waals surface area contributed by atoms with Gasteiger partial charge in [-0.05, 0) is 62.8 Å². The average Bonchev–Trinajstić information content (AvgIpc) is 3.01. The minimum absolute atomic E-state index is 0.437. The minimum Gasteiger partial charge on any atom is -0.381 e. The Morgan fingerprint density at radius 3 is 2.78 bits per heavy atom. The Bertz CT molecular complexity index is 320. The summed E-state index contributed by atoms with van der Waals surface area (Å²) in [5.41, 5.74) is 0. The molecule has 3 heteroatoms. The molecule has 18 heavy (non-hydrogen) atoms. The maximum atomic E-state index is 6.51. The standard InChI is InChI=1S/C15H25NO2/c1-17-11-3-2-4-12(7-11)18-15-9-5-10-8-16-14(15)13(10)6-9/h9-16H,2-8H2,1H3. The zero-order valence-corrected chi connectivity index (χ0v) is 11.3. The van der Waals surface area contributed by atoms with Gasteiger partial charge in [-0.1, -0.05) is 0 Å². The quantitative estimate of drug-likeness (QED) is 0.831. The van der Waals surface area contributed by atoms with E-state index in [0.29, 0.717) is 24.4 Å². The summed E-state index contributed by atoms with van der Waals surface area (Å²) < 4.78 is 12.0. The number of fused-ring (bicyclic) bond motifs is 1. The minimum atomic E-state index is 0.437. The summed E-state index contributed by atoms with van der Waals surface area (Å²) in [6.45, 7) is 1.25. The second-order valence-electron chi connectivity index (χ2n) is 6.84. The largest absolute Gasteiger partial charge is 0.381 e. The lowest BCUT2D eigenvalue weighted by atomic mass is 9.87. The van der Waals surface area contributed by atoms with E-state index in [-0.39, 0.29) is 0 Å². The number of nitrogens with one attached hydrogen (secondary N) is 1. The highest BCUT2D eigenvalue weighted by Gasteiger charge is 2.56. The zero-order chi connectivity index (χ0) is 12.1. The summed E-state index contributed by atoms with van der Waals surface area (Å²) >= 11 is 0. The van der Waals surface area contributed by atoms with Crippen molar-refractivity contribution in [1.82, 2.24) is 5.32 Å². The van der Waals surface area contributed by atoms with Crippen molar-refractivity contribution in [2.75, 3.05) is 13.7 Å². The van der Waals surface area contributed by atoms with Gasteiger partial charge in [0.15, 0.2) is 0 Å². The molecule has 2 bridgehead atoms. The molecule has 0 amide bonds. The van der Waals surface area contributed by atoms with E-state index in [1.54, 1.807) is 0 Å². The molecule has 7 atom stereocenters. The van der Waals surface area contributed by atoms with Crippen LogP contribution < -0.4 is 5.32 Å². The Kier molecular flexibility index (Phi) is 2.90. The van der Waals surface area contributed by atoms with E-state index in [1.165, 1.54) is 38.6 Å². The van der Waals surface area contributed by atoms with Crippen molar-refractivity contribution in [1.29, 1.82) is 0 Å². The fraction of sp³-hybridized carbons (Fsp3) is 1.00. The van der Waals surface area contributed by atoms with Gasteiger partial charge in [-0.2, -0.15) is 0 Å². The van der Waals surface area contributed by atoms with Gasteiger partial charge in [0.1, 0.15) is 0 Å². The molecule has 0 aromatic carbocycles. The van der Waals surface area contributed by atoms with Crippen LogP contribution in [0.15, 0.2) is 0 Å². The first-order valence-electron chi connectivity index (χ1n) is 7.77. The van der Waals surface area contributed by atoms with E-state index >= 15 is 0 Å². The molecule has 0 spiro atoms. The van der Waals surface area contributed by atoms with Gasteiger partial charge in [-0.3, -0.25) is 0 Å². The van der Waals surface area contributed by atoms with Crippen LogP contribution in [0.2, 0.25) is 0 Å². The van der Waals surface area contributed by atoms with Crippen LogP contribution in [0.5, 0.6) is 0 Å². The molecule has 1 aliphatic heterocycles. The van der Waals surface area contributed by atoms with Crippen LogP contribution >= 0.6 is 0 Å². The second kappa shape index (κ2) is 4.46. The number of ether oxygens (including phenoxy) is 2. The normalized spacial score (nSPS) is 54.2. The fourth-order valence-corrected chi connectivity index (χ4v) is 5.09. The first kappa shape index (κ1) is 11.7. The molecule has 102 valence electrons. The molecular weight excluding hydrogens is 226 g/mol. The maximum Gasteiger partial charge on any atom is 0.0762 e. The first-order valence-corrected chi connectivity index (χ1v) is 7.77. The molecule has 4 rings (SSSR count). The van der Waals surface area contributed by atoms with Gasteiger partial charge < -0.3 is 14.8 Å². The van der Waals surface area contributed by atoms with Crippen molar-refractivity contribution in [2.24, 2.45) is 17.8 Å². The van der Waals surface area contributed by atoms with Gasteiger partial charge >= 0.3 is 0 Å². The van der Waals surface area contributed by atoms with E-state index in [2.05, 4.69) is 5.32 Å². The van der Waals surface area contributed by atoms with Crippen LogP contribution in [0.1, 0.15) is 38.5 Å². The smallest absolute Gasteiger partial charge is 0.0762 e. The summed E-state index contributed by atoms with van der Waals surface area (Å²) in [5.74, 6) is 2.75. The van der Waals surface area contributed by atoms with E-state index in [9.17, 15) is 0 Å². The predicted molar refractivity (Wildman–Crippen MR) is 69.4 cm³/mol. The molecule has 4 aliphatic rings. The van der Waals surface area contributed by atoms with Gasteiger partial charge in [0.2, 0.25) is 0 Å². The number of hydrogen-bond donors (Lipinski definition) is 1. The topological polar surface area (TPSA) is 30.5 Å². The van der Waals surface area contributed by atoms with Gasteiger partial charge in [0.05, 0.1) is 18.3 Å². The van der Waals surface area contributed by atoms with Crippen molar-refractivity contribution < 1.29 is 9.47 Å². The molecule has 1 N–H and O–H groups in total. The van der Waals surface area contributed by atoms with Crippen LogP contribution in [-0.2, 0) is 9.47 Å². The SMILES string of the molecule is COC1CCCC(OC2C3CC4CNC2C4C3)C1. The predicted octanol–water partition coefficient (Wildman–Crippen LogP) is 1.96. The Morgan fingerprint density at radius 2 is 1.89 bits per heavy atom. The molecule has 1 heterocycles. The van der Waals surface area contributed by atoms with E-state index in [1.807, 2.05) is 7.11 Å². The fourth-order valence-electron chi connectivity index (χ4n) is 5.09. The van der Waals surface area contributed by atoms with E-state index in [0.717, 1.165) is 24.2 Å². The molecule has 0 radical (unpaired) electrons. The summed E-state index contributed by atoms with van der Waals surface area (Å²) in [4.78, 5) is 0.